The van der Waals surface area contributed by atoms with Gasteiger partial charge in [0.2, 0.25) is 11.1 Å². The molecule has 0 aliphatic heterocycles. The molecule has 0 bridgehead atoms. The quantitative estimate of drug-likeness (QED) is 0.472. The maximum atomic E-state index is 13.9. The molecule has 1 amide bonds. The molecule has 2 aromatic carbocycles. The van der Waals surface area contributed by atoms with E-state index in [4.69, 9.17) is 5.84 Å². The zero-order chi connectivity index (χ0) is 18.7. The molecule has 0 saturated heterocycles. The SMILES string of the molecule is Cc1ccc(NC(=O)CSc2nnc(-c3ccccc3F)n2N)c(Br)c1. The van der Waals surface area contributed by atoms with Gasteiger partial charge >= 0.3 is 0 Å². The van der Waals surface area contributed by atoms with Crippen LogP contribution in [0.15, 0.2) is 52.1 Å². The number of aryl methyl sites for hydroxylation is 1. The van der Waals surface area contributed by atoms with Crippen molar-refractivity contribution in [3.05, 3.63) is 58.3 Å². The van der Waals surface area contributed by atoms with Crippen LogP contribution in [0.25, 0.3) is 11.4 Å². The number of halogens is 2. The summed E-state index contributed by atoms with van der Waals surface area (Å²) < 4.78 is 15.9. The molecule has 0 radical (unpaired) electrons. The van der Waals surface area contributed by atoms with Crippen LogP contribution in [-0.2, 0) is 4.79 Å². The van der Waals surface area contributed by atoms with Crippen molar-refractivity contribution in [1.82, 2.24) is 14.9 Å². The van der Waals surface area contributed by atoms with Gasteiger partial charge in [-0.1, -0.05) is 30.0 Å². The Labute approximate surface area is 162 Å². The highest BCUT2D eigenvalue weighted by molar-refractivity contribution is 9.10. The van der Waals surface area contributed by atoms with Gasteiger partial charge in [-0.05, 0) is 52.7 Å². The summed E-state index contributed by atoms with van der Waals surface area (Å²) >= 11 is 4.54. The molecule has 1 aromatic heterocycles. The zero-order valence-electron chi connectivity index (χ0n) is 13.7. The van der Waals surface area contributed by atoms with Gasteiger partial charge in [-0.3, -0.25) is 4.79 Å². The van der Waals surface area contributed by atoms with Gasteiger partial charge in [0.05, 0.1) is 17.0 Å². The fourth-order valence-corrected chi connectivity index (χ4v) is 3.49. The third kappa shape index (κ3) is 4.05. The fourth-order valence-electron chi connectivity index (χ4n) is 2.24. The molecule has 0 saturated carbocycles. The smallest absolute Gasteiger partial charge is 0.234 e. The first-order valence-electron chi connectivity index (χ1n) is 7.60. The van der Waals surface area contributed by atoms with Crippen molar-refractivity contribution < 1.29 is 9.18 Å². The van der Waals surface area contributed by atoms with Gasteiger partial charge in [0.1, 0.15) is 5.82 Å². The molecule has 0 aliphatic rings. The van der Waals surface area contributed by atoms with Gasteiger partial charge in [0.25, 0.3) is 0 Å². The Morgan fingerprint density at radius 3 is 2.81 bits per heavy atom. The molecular formula is C17H15BrFN5OS. The Morgan fingerprint density at radius 1 is 1.31 bits per heavy atom. The molecule has 3 N–H and O–H groups in total. The number of anilines is 1. The van der Waals surface area contributed by atoms with Crippen LogP contribution in [0.1, 0.15) is 5.56 Å². The van der Waals surface area contributed by atoms with E-state index >= 15 is 0 Å². The van der Waals surface area contributed by atoms with Gasteiger partial charge in [-0.15, -0.1) is 10.2 Å². The third-order valence-electron chi connectivity index (χ3n) is 3.51. The van der Waals surface area contributed by atoms with Crippen LogP contribution < -0.4 is 11.2 Å². The molecule has 0 atom stereocenters. The number of carbonyl (C=O) groups excluding carboxylic acids is 1. The van der Waals surface area contributed by atoms with Crippen LogP contribution in [0.2, 0.25) is 0 Å². The normalized spacial score (nSPS) is 10.7. The van der Waals surface area contributed by atoms with Gasteiger partial charge in [-0.2, -0.15) is 0 Å². The van der Waals surface area contributed by atoms with E-state index in [9.17, 15) is 9.18 Å². The summed E-state index contributed by atoms with van der Waals surface area (Å²) in [7, 11) is 0. The van der Waals surface area contributed by atoms with E-state index < -0.39 is 5.82 Å². The predicted molar refractivity (Wildman–Crippen MR) is 104 cm³/mol. The van der Waals surface area contributed by atoms with Crippen molar-refractivity contribution in [2.24, 2.45) is 0 Å². The second-order valence-electron chi connectivity index (χ2n) is 5.48. The standard InChI is InChI=1S/C17H15BrFN5OS/c1-10-6-7-14(12(18)8-10)21-15(25)9-26-17-23-22-16(24(17)20)11-4-2-3-5-13(11)19/h2-8H,9,20H2,1H3,(H,21,25). The molecule has 134 valence electrons. The summed E-state index contributed by atoms with van der Waals surface area (Å²) in [6, 6.07) is 11.8. The minimum atomic E-state index is -0.440. The number of hydrogen-bond donors (Lipinski definition) is 2. The van der Waals surface area contributed by atoms with Crippen LogP contribution in [0.5, 0.6) is 0 Å². The number of nitrogen functional groups attached to an aromatic ring is 1. The number of nitrogens with two attached hydrogens (primary N) is 1. The molecule has 3 aromatic rings. The van der Waals surface area contributed by atoms with Crippen molar-refractivity contribution in [2.75, 3.05) is 16.9 Å². The number of carbonyl (C=O) groups is 1. The van der Waals surface area contributed by atoms with E-state index in [0.29, 0.717) is 10.8 Å². The van der Waals surface area contributed by atoms with Crippen LogP contribution in [0.4, 0.5) is 10.1 Å². The van der Waals surface area contributed by atoms with E-state index in [1.54, 1.807) is 18.2 Å². The maximum absolute atomic E-state index is 13.9. The fraction of sp³-hybridized carbons (Fsp3) is 0.118. The Morgan fingerprint density at radius 2 is 2.08 bits per heavy atom. The van der Waals surface area contributed by atoms with Crippen LogP contribution >= 0.6 is 27.7 Å². The van der Waals surface area contributed by atoms with Crippen molar-refractivity contribution in [3.8, 4) is 11.4 Å². The highest BCUT2D eigenvalue weighted by Gasteiger charge is 2.16. The van der Waals surface area contributed by atoms with Crippen LogP contribution in [0, 0.1) is 12.7 Å². The zero-order valence-corrected chi connectivity index (χ0v) is 16.1. The number of amides is 1. The first kappa shape index (κ1) is 18.4. The molecule has 9 heteroatoms. The summed E-state index contributed by atoms with van der Waals surface area (Å²) in [5.74, 6) is 5.59. The summed E-state index contributed by atoms with van der Waals surface area (Å²) in [6.07, 6.45) is 0. The number of nitrogens with one attached hydrogen (secondary N) is 1. The highest BCUT2D eigenvalue weighted by atomic mass is 79.9. The Hall–Kier alpha value is -2.39. The molecule has 26 heavy (non-hydrogen) atoms. The second kappa shape index (κ2) is 7.88. The third-order valence-corrected chi connectivity index (χ3v) is 5.11. The molecule has 0 spiro atoms. The van der Waals surface area contributed by atoms with E-state index in [-0.39, 0.29) is 23.0 Å². The van der Waals surface area contributed by atoms with E-state index in [1.807, 2.05) is 25.1 Å². The summed E-state index contributed by atoms with van der Waals surface area (Å²) in [5.41, 5.74) is 2.02. The number of rotatable bonds is 5. The lowest BCUT2D eigenvalue weighted by Gasteiger charge is -2.08. The first-order chi connectivity index (χ1) is 12.5. The molecule has 3 rings (SSSR count). The minimum Gasteiger partial charge on any atom is -0.335 e. The summed E-state index contributed by atoms with van der Waals surface area (Å²) in [5, 5.41) is 11.0. The predicted octanol–water partition coefficient (Wildman–Crippen LogP) is 3.60. The Bertz CT molecular complexity index is 962. The average Bonchev–Trinajstić information content (AvgIpc) is 2.97. The molecule has 0 aliphatic carbocycles. The lowest BCUT2D eigenvalue weighted by atomic mass is 10.2. The Balaban J connectivity index is 1.67. The lowest BCUT2D eigenvalue weighted by molar-refractivity contribution is -0.113. The van der Waals surface area contributed by atoms with Crippen molar-refractivity contribution >= 4 is 39.3 Å². The monoisotopic (exact) mass is 435 g/mol. The molecule has 0 unspecified atom stereocenters. The van der Waals surface area contributed by atoms with Gasteiger partial charge in [0.15, 0.2) is 5.82 Å². The molecular weight excluding hydrogens is 421 g/mol. The Kier molecular flexibility index (Phi) is 5.58. The summed E-state index contributed by atoms with van der Waals surface area (Å²) in [6.45, 7) is 1.97. The van der Waals surface area contributed by atoms with Crippen molar-refractivity contribution in [3.63, 3.8) is 0 Å². The number of thioether (sulfide) groups is 1. The first-order valence-corrected chi connectivity index (χ1v) is 9.38. The van der Waals surface area contributed by atoms with E-state index in [1.165, 1.54) is 10.7 Å². The number of benzene rings is 2. The maximum Gasteiger partial charge on any atom is 0.234 e. The van der Waals surface area contributed by atoms with Gasteiger partial charge in [0, 0.05) is 4.47 Å². The number of hydrogen-bond acceptors (Lipinski definition) is 5. The average molecular weight is 436 g/mol. The molecule has 6 nitrogen and oxygen atoms in total. The topological polar surface area (TPSA) is 85.8 Å². The molecule has 0 fully saturated rings. The number of aromatic nitrogens is 3. The number of nitrogens with zero attached hydrogens (tertiary/aromatic N) is 3. The van der Waals surface area contributed by atoms with Crippen molar-refractivity contribution in [1.29, 1.82) is 0 Å². The largest absolute Gasteiger partial charge is 0.335 e. The van der Waals surface area contributed by atoms with Gasteiger partial charge < -0.3 is 11.2 Å². The van der Waals surface area contributed by atoms with Crippen LogP contribution in [-0.4, -0.2) is 26.5 Å². The summed E-state index contributed by atoms with van der Waals surface area (Å²) in [4.78, 5) is 12.2. The van der Waals surface area contributed by atoms with Crippen LogP contribution in [0.3, 0.4) is 0 Å². The van der Waals surface area contributed by atoms with Gasteiger partial charge in [-0.25, -0.2) is 9.07 Å². The highest BCUT2D eigenvalue weighted by Crippen LogP contribution is 2.25. The lowest BCUT2D eigenvalue weighted by Crippen LogP contribution is -2.16. The van der Waals surface area contributed by atoms with Crippen molar-refractivity contribution in [2.45, 2.75) is 12.1 Å². The van der Waals surface area contributed by atoms with E-state index in [0.717, 1.165) is 21.8 Å². The second-order valence-corrected chi connectivity index (χ2v) is 7.27. The van der Waals surface area contributed by atoms with E-state index in [2.05, 4.69) is 31.4 Å². The minimum absolute atomic E-state index is 0.0902. The molecule has 1 heterocycles.